The van der Waals surface area contributed by atoms with Gasteiger partial charge in [-0.1, -0.05) is 6.07 Å². The van der Waals surface area contributed by atoms with E-state index in [1.807, 2.05) is 12.1 Å². The maximum atomic E-state index is 13.7. The zero-order chi connectivity index (χ0) is 12.7. The van der Waals surface area contributed by atoms with Crippen molar-refractivity contribution in [3.8, 4) is 6.07 Å². The van der Waals surface area contributed by atoms with E-state index in [4.69, 9.17) is 5.26 Å². The maximum absolute atomic E-state index is 13.7. The largest absolute Gasteiger partial charge is 0.300 e. The van der Waals surface area contributed by atoms with Gasteiger partial charge in [0.1, 0.15) is 11.9 Å². The van der Waals surface area contributed by atoms with Crippen LogP contribution in [0.4, 0.5) is 4.39 Å². The Balaban J connectivity index is 1.84. The van der Waals surface area contributed by atoms with Crippen molar-refractivity contribution in [3.63, 3.8) is 0 Å². The second-order valence-corrected chi connectivity index (χ2v) is 5.57. The molecule has 2 unspecified atom stereocenters. The van der Waals surface area contributed by atoms with E-state index < -0.39 is 0 Å². The van der Waals surface area contributed by atoms with Gasteiger partial charge in [-0.2, -0.15) is 5.26 Å². The van der Waals surface area contributed by atoms with Crippen molar-refractivity contribution < 1.29 is 4.39 Å². The number of benzene rings is 1. The van der Waals surface area contributed by atoms with Crippen LogP contribution in [0.15, 0.2) is 18.2 Å². The molecule has 2 bridgehead atoms. The summed E-state index contributed by atoms with van der Waals surface area (Å²) in [5.41, 5.74) is 1.21. The third kappa shape index (κ3) is 1.81. The van der Waals surface area contributed by atoms with Gasteiger partial charge in [0.2, 0.25) is 0 Å². The van der Waals surface area contributed by atoms with E-state index in [-0.39, 0.29) is 11.4 Å². The molecule has 94 valence electrons. The normalized spacial score (nSPS) is 31.3. The van der Waals surface area contributed by atoms with Crippen LogP contribution in [0.2, 0.25) is 0 Å². The molecule has 2 aliphatic rings. The van der Waals surface area contributed by atoms with Crippen LogP contribution in [-0.4, -0.2) is 24.0 Å². The summed E-state index contributed by atoms with van der Waals surface area (Å²) in [6, 6.07) is 8.31. The first-order valence-corrected chi connectivity index (χ1v) is 6.60. The number of hydrogen-bond acceptors (Lipinski definition) is 2. The molecule has 1 aromatic rings. The van der Waals surface area contributed by atoms with Crippen LogP contribution < -0.4 is 0 Å². The van der Waals surface area contributed by atoms with Crippen molar-refractivity contribution >= 4 is 0 Å². The average molecular weight is 244 g/mol. The lowest BCUT2D eigenvalue weighted by atomic mass is 9.85. The summed E-state index contributed by atoms with van der Waals surface area (Å²) in [6.07, 6.45) is 4.80. The van der Waals surface area contributed by atoms with Crippen LogP contribution in [0.3, 0.4) is 0 Å². The minimum Gasteiger partial charge on any atom is -0.300 e. The van der Waals surface area contributed by atoms with Gasteiger partial charge < -0.3 is 4.90 Å². The summed E-state index contributed by atoms with van der Waals surface area (Å²) in [5, 5.41) is 8.75. The molecule has 2 aliphatic heterocycles. The quantitative estimate of drug-likeness (QED) is 0.759. The third-order valence-corrected chi connectivity index (χ3v) is 4.68. The molecule has 0 radical (unpaired) electrons. The molecule has 18 heavy (non-hydrogen) atoms. The molecule has 0 N–H and O–H groups in total. The van der Waals surface area contributed by atoms with E-state index in [2.05, 4.69) is 11.9 Å². The van der Waals surface area contributed by atoms with Gasteiger partial charge in [-0.3, -0.25) is 0 Å². The fraction of sp³-hybridized carbons (Fsp3) is 0.533. The molecule has 2 atom stereocenters. The Labute approximate surface area is 107 Å². The molecule has 2 nitrogen and oxygen atoms in total. The molecule has 0 saturated carbocycles. The highest BCUT2D eigenvalue weighted by molar-refractivity contribution is 5.35. The highest BCUT2D eigenvalue weighted by atomic mass is 19.1. The smallest absolute Gasteiger partial charge is 0.141 e. The summed E-state index contributed by atoms with van der Waals surface area (Å²) in [6.45, 7) is 0. The van der Waals surface area contributed by atoms with E-state index in [0.717, 1.165) is 18.4 Å². The summed E-state index contributed by atoms with van der Waals surface area (Å²) in [5.74, 6) is 0.0854. The Morgan fingerprint density at radius 2 is 1.94 bits per heavy atom. The van der Waals surface area contributed by atoms with Crippen LogP contribution >= 0.6 is 0 Å². The number of nitrogens with zero attached hydrogens (tertiary/aromatic N) is 2. The topological polar surface area (TPSA) is 27.0 Å². The lowest BCUT2D eigenvalue weighted by Gasteiger charge is -2.36. The van der Waals surface area contributed by atoms with Crippen molar-refractivity contribution in [2.24, 2.45) is 0 Å². The van der Waals surface area contributed by atoms with E-state index in [1.54, 1.807) is 12.1 Å². The fourth-order valence-electron chi connectivity index (χ4n) is 3.56. The van der Waals surface area contributed by atoms with Gasteiger partial charge in [-0.15, -0.1) is 0 Å². The Bertz CT molecular complexity index is 492. The molecule has 2 saturated heterocycles. The minimum absolute atomic E-state index is 0.148. The van der Waals surface area contributed by atoms with Crippen molar-refractivity contribution in [1.82, 2.24) is 4.90 Å². The van der Waals surface area contributed by atoms with E-state index >= 15 is 0 Å². The van der Waals surface area contributed by atoms with Crippen LogP contribution in [-0.2, 0) is 0 Å². The minimum atomic E-state index is -0.374. The molecule has 0 spiro atoms. The van der Waals surface area contributed by atoms with E-state index in [1.165, 1.54) is 12.8 Å². The Kier molecular flexibility index (Phi) is 2.83. The van der Waals surface area contributed by atoms with Crippen LogP contribution in [0.1, 0.15) is 42.7 Å². The summed E-state index contributed by atoms with van der Waals surface area (Å²) in [7, 11) is 2.21. The van der Waals surface area contributed by atoms with Crippen LogP contribution in [0.5, 0.6) is 0 Å². The number of rotatable bonds is 1. The van der Waals surface area contributed by atoms with Crippen LogP contribution in [0.25, 0.3) is 0 Å². The molecule has 0 amide bonds. The van der Waals surface area contributed by atoms with Crippen molar-refractivity contribution in [1.29, 1.82) is 5.26 Å². The Morgan fingerprint density at radius 3 is 2.50 bits per heavy atom. The first kappa shape index (κ1) is 11.7. The van der Waals surface area contributed by atoms with E-state index in [0.29, 0.717) is 18.0 Å². The van der Waals surface area contributed by atoms with Crippen molar-refractivity contribution in [2.75, 3.05) is 7.05 Å². The zero-order valence-corrected chi connectivity index (χ0v) is 10.6. The molecule has 0 aliphatic carbocycles. The molecular formula is C15H17FN2. The van der Waals surface area contributed by atoms with Crippen molar-refractivity contribution in [2.45, 2.75) is 43.7 Å². The number of fused-ring (bicyclic) bond motifs is 2. The van der Waals surface area contributed by atoms with Gasteiger partial charge in [-0.25, -0.2) is 4.39 Å². The lowest BCUT2D eigenvalue weighted by Crippen LogP contribution is -2.39. The molecule has 0 aromatic heterocycles. The van der Waals surface area contributed by atoms with Gasteiger partial charge >= 0.3 is 0 Å². The first-order valence-electron chi connectivity index (χ1n) is 6.60. The zero-order valence-electron chi connectivity index (χ0n) is 10.6. The van der Waals surface area contributed by atoms with Crippen molar-refractivity contribution in [3.05, 3.63) is 35.1 Å². The Morgan fingerprint density at radius 1 is 1.28 bits per heavy atom. The predicted molar refractivity (Wildman–Crippen MR) is 67.7 cm³/mol. The molecule has 3 heteroatoms. The predicted octanol–water partition coefficient (Wildman–Crippen LogP) is 3.04. The molecule has 3 rings (SSSR count). The summed E-state index contributed by atoms with van der Waals surface area (Å²) >= 11 is 0. The standard InChI is InChI=1S/C15H17FN2/c1-18-13-4-5-14(18)7-12(6-13)10-2-3-11(9-17)15(16)8-10/h2-3,8,12-14H,4-7H2,1H3. The molecular weight excluding hydrogens is 227 g/mol. The highest BCUT2D eigenvalue weighted by Gasteiger charge is 2.38. The van der Waals surface area contributed by atoms with Gasteiger partial charge in [-0.05, 0) is 56.3 Å². The second kappa shape index (κ2) is 4.37. The fourth-order valence-corrected chi connectivity index (χ4v) is 3.56. The summed E-state index contributed by atoms with van der Waals surface area (Å²) in [4.78, 5) is 2.48. The number of nitriles is 1. The second-order valence-electron chi connectivity index (χ2n) is 5.57. The third-order valence-electron chi connectivity index (χ3n) is 4.68. The molecule has 1 aromatic carbocycles. The van der Waals surface area contributed by atoms with Gasteiger partial charge in [0.25, 0.3) is 0 Å². The summed E-state index contributed by atoms with van der Waals surface area (Å²) < 4.78 is 13.7. The number of piperidine rings is 1. The maximum Gasteiger partial charge on any atom is 0.141 e. The molecule has 2 fully saturated rings. The van der Waals surface area contributed by atoms with E-state index in [9.17, 15) is 4.39 Å². The molecule has 2 heterocycles. The van der Waals surface area contributed by atoms with Crippen LogP contribution in [0, 0.1) is 17.1 Å². The average Bonchev–Trinajstić information content (AvgIpc) is 2.61. The SMILES string of the molecule is CN1C2CCC1CC(c1ccc(C#N)c(F)c1)C2. The number of hydrogen-bond donors (Lipinski definition) is 0. The highest BCUT2D eigenvalue weighted by Crippen LogP contribution is 2.42. The van der Waals surface area contributed by atoms with Gasteiger partial charge in [0.05, 0.1) is 5.56 Å². The monoisotopic (exact) mass is 244 g/mol. The Hall–Kier alpha value is -1.40. The number of halogens is 1. The lowest BCUT2D eigenvalue weighted by molar-refractivity contribution is 0.161. The van der Waals surface area contributed by atoms with Gasteiger partial charge in [0, 0.05) is 12.1 Å². The first-order chi connectivity index (χ1) is 8.69. The van der Waals surface area contributed by atoms with Gasteiger partial charge in [0.15, 0.2) is 0 Å².